The molecule has 0 aromatic carbocycles. The quantitative estimate of drug-likeness (QED) is 0.261. The van der Waals surface area contributed by atoms with Crippen molar-refractivity contribution in [3.63, 3.8) is 0 Å². The van der Waals surface area contributed by atoms with Crippen molar-refractivity contribution in [2.24, 2.45) is 16.7 Å². The highest BCUT2D eigenvalue weighted by Crippen LogP contribution is 2.34. The number of hydrazine groups is 1. The molecule has 6 nitrogen and oxygen atoms in total. The lowest BCUT2D eigenvalue weighted by atomic mass is 10.0. The molecule has 0 unspecified atom stereocenters. The molecule has 1 aliphatic rings. The molecule has 0 saturated carbocycles. The number of hydrazone groups is 1. The fraction of sp³-hybridized carbons (Fsp3) is 0.500. The molecule has 1 aliphatic heterocycles. The summed E-state index contributed by atoms with van der Waals surface area (Å²) in [5, 5.41) is 12.9. The van der Waals surface area contributed by atoms with Crippen LogP contribution in [0.4, 0.5) is 5.00 Å². The smallest absolute Gasteiger partial charge is 0.155 e. The molecular formula is C10H18N6S. The van der Waals surface area contributed by atoms with Gasteiger partial charge in [0.15, 0.2) is 5.84 Å². The van der Waals surface area contributed by atoms with Crippen molar-refractivity contribution < 1.29 is 0 Å². The number of anilines is 1. The zero-order valence-electron chi connectivity index (χ0n) is 10.1. The lowest BCUT2D eigenvalue weighted by molar-refractivity contribution is 0.371. The minimum absolute atomic E-state index is 0.471. The van der Waals surface area contributed by atoms with Crippen LogP contribution in [0.25, 0.3) is 0 Å². The van der Waals surface area contributed by atoms with Gasteiger partial charge in [0.2, 0.25) is 0 Å². The predicted octanol–water partition coefficient (Wildman–Crippen LogP) is -0.139. The molecule has 0 amide bonds. The van der Waals surface area contributed by atoms with Gasteiger partial charge in [0.1, 0.15) is 0 Å². The maximum atomic E-state index is 6.02. The Labute approximate surface area is 105 Å². The standard InChI is InChI=1S/C10H18N6S/c1-13-10-8(9(11)15-16(2)12)6-3-4-14-5-7(6)17-10/h13-14H,3-5,12H2,1-2H3,(H2,11,15). The largest absolute Gasteiger partial charge is 0.382 e. The second-order valence-corrected chi connectivity index (χ2v) is 5.05. The third-order valence-electron chi connectivity index (χ3n) is 2.68. The zero-order chi connectivity index (χ0) is 12.4. The first-order valence-electron chi connectivity index (χ1n) is 5.49. The van der Waals surface area contributed by atoms with E-state index in [9.17, 15) is 0 Å². The van der Waals surface area contributed by atoms with Crippen molar-refractivity contribution in [1.82, 2.24) is 10.4 Å². The number of amidine groups is 1. The summed E-state index contributed by atoms with van der Waals surface area (Å²) in [6.07, 6.45) is 0.980. The minimum atomic E-state index is 0.471. The number of nitrogens with one attached hydrogen (secondary N) is 2. The van der Waals surface area contributed by atoms with Gasteiger partial charge < -0.3 is 16.4 Å². The van der Waals surface area contributed by atoms with Gasteiger partial charge in [0, 0.05) is 25.5 Å². The van der Waals surface area contributed by atoms with E-state index in [1.807, 2.05) is 7.05 Å². The lowest BCUT2D eigenvalue weighted by Gasteiger charge is -2.14. The lowest BCUT2D eigenvalue weighted by Crippen LogP contribution is -2.28. The normalized spacial score (nSPS) is 15.6. The Balaban J connectivity index is 2.47. The van der Waals surface area contributed by atoms with Crippen molar-refractivity contribution in [1.29, 1.82) is 0 Å². The van der Waals surface area contributed by atoms with E-state index < -0.39 is 0 Å². The molecule has 2 rings (SSSR count). The first kappa shape index (κ1) is 12.2. The number of fused-ring (bicyclic) bond motifs is 1. The van der Waals surface area contributed by atoms with Crippen LogP contribution in [0.2, 0.25) is 0 Å². The third kappa shape index (κ3) is 2.36. The second-order valence-electron chi connectivity index (χ2n) is 3.94. The summed E-state index contributed by atoms with van der Waals surface area (Å²) in [6, 6.07) is 0. The summed E-state index contributed by atoms with van der Waals surface area (Å²) >= 11 is 1.72. The number of rotatable bonds is 3. The van der Waals surface area contributed by atoms with Crippen LogP contribution in [0, 0.1) is 0 Å². The Morgan fingerprint density at radius 1 is 1.59 bits per heavy atom. The van der Waals surface area contributed by atoms with Gasteiger partial charge in [-0.1, -0.05) is 0 Å². The van der Waals surface area contributed by atoms with E-state index in [1.54, 1.807) is 18.4 Å². The molecule has 0 aliphatic carbocycles. The van der Waals surface area contributed by atoms with Gasteiger partial charge in [0.05, 0.1) is 10.6 Å². The summed E-state index contributed by atoms with van der Waals surface area (Å²) < 4.78 is 0. The van der Waals surface area contributed by atoms with Crippen LogP contribution < -0.4 is 22.2 Å². The Morgan fingerprint density at radius 3 is 3.00 bits per heavy atom. The molecule has 6 N–H and O–H groups in total. The van der Waals surface area contributed by atoms with E-state index >= 15 is 0 Å². The van der Waals surface area contributed by atoms with Crippen LogP contribution in [-0.2, 0) is 13.0 Å². The van der Waals surface area contributed by atoms with E-state index in [1.165, 1.54) is 15.6 Å². The number of hydrogen-bond acceptors (Lipinski definition) is 6. The van der Waals surface area contributed by atoms with Crippen LogP contribution in [0.3, 0.4) is 0 Å². The molecule has 0 bridgehead atoms. The van der Waals surface area contributed by atoms with Gasteiger partial charge in [0.25, 0.3) is 0 Å². The molecule has 0 atom stereocenters. The van der Waals surface area contributed by atoms with Crippen LogP contribution in [0.5, 0.6) is 0 Å². The van der Waals surface area contributed by atoms with Gasteiger partial charge >= 0.3 is 0 Å². The summed E-state index contributed by atoms with van der Waals surface area (Å²) in [5.74, 6) is 5.97. The topological polar surface area (TPSA) is 91.7 Å². The molecule has 0 fully saturated rings. The summed E-state index contributed by atoms with van der Waals surface area (Å²) in [5.41, 5.74) is 8.31. The summed E-state index contributed by atoms with van der Waals surface area (Å²) in [6.45, 7) is 1.88. The second kappa shape index (κ2) is 4.91. The van der Waals surface area contributed by atoms with Crippen LogP contribution in [-0.4, -0.2) is 31.6 Å². The molecule has 94 valence electrons. The first-order chi connectivity index (χ1) is 8.13. The third-order valence-corrected chi connectivity index (χ3v) is 3.93. The molecule has 0 spiro atoms. The molecule has 0 radical (unpaired) electrons. The van der Waals surface area contributed by atoms with Crippen molar-refractivity contribution in [3.05, 3.63) is 16.0 Å². The maximum absolute atomic E-state index is 6.02. The summed E-state index contributed by atoms with van der Waals surface area (Å²) in [4.78, 5) is 1.33. The number of nitrogens with two attached hydrogens (primary N) is 2. The Bertz CT molecular complexity index is 436. The first-order valence-corrected chi connectivity index (χ1v) is 6.31. The number of nitrogens with zero attached hydrogens (tertiary/aromatic N) is 2. The van der Waals surface area contributed by atoms with E-state index in [0.29, 0.717) is 5.84 Å². The number of thiophene rings is 1. The molecule has 17 heavy (non-hydrogen) atoms. The Morgan fingerprint density at radius 2 is 2.35 bits per heavy atom. The van der Waals surface area contributed by atoms with E-state index in [-0.39, 0.29) is 0 Å². The van der Waals surface area contributed by atoms with E-state index in [0.717, 1.165) is 30.1 Å². The van der Waals surface area contributed by atoms with Gasteiger partial charge in [-0.2, -0.15) is 0 Å². The predicted molar refractivity (Wildman–Crippen MR) is 72.0 cm³/mol. The van der Waals surface area contributed by atoms with Crippen LogP contribution in [0.1, 0.15) is 16.0 Å². The monoisotopic (exact) mass is 254 g/mol. The summed E-state index contributed by atoms with van der Waals surface area (Å²) in [7, 11) is 3.56. The van der Waals surface area contributed by atoms with Gasteiger partial charge in [-0.15, -0.1) is 16.4 Å². The fourth-order valence-electron chi connectivity index (χ4n) is 2.00. The molecule has 1 aromatic rings. The zero-order valence-corrected chi connectivity index (χ0v) is 10.9. The number of hydrogen-bond donors (Lipinski definition) is 4. The molecular weight excluding hydrogens is 236 g/mol. The minimum Gasteiger partial charge on any atom is -0.382 e. The molecule has 2 heterocycles. The maximum Gasteiger partial charge on any atom is 0.155 e. The van der Waals surface area contributed by atoms with Crippen molar-refractivity contribution >= 4 is 22.2 Å². The van der Waals surface area contributed by atoms with Crippen LogP contribution in [0.15, 0.2) is 5.10 Å². The highest BCUT2D eigenvalue weighted by Gasteiger charge is 2.22. The SMILES string of the molecule is CNc1sc2c(c1/C(N)=N/N(C)N)CCNC2. The highest BCUT2D eigenvalue weighted by molar-refractivity contribution is 7.16. The molecule has 0 saturated heterocycles. The van der Waals surface area contributed by atoms with Crippen molar-refractivity contribution in [2.75, 3.05) is 26.0 Å². The van der Waals surface area contributed by atoms with E-state index in [4.69, 9.17) is 11.6 Å². The van der Waals surface area contributed by atoms with Crippen molar-refractivity contribution in [2.45, 2.75) is 13.0 Å². The average Bonchev–Trinajstić information content (AvgIpc) is 2.66. The highest BCUT2D eigenvalue weighted by atomic mass is 32.1. The van der Waals surface area contributed by atoms with Crippen molar-refractivity contribution in [3.8, 4) is 0 Å². The Kier molecular flexibility index (Phi) is 3.51. The van der Waals surface area contributed by atoms with Gasteiger partial charge in [-0.25, -0.2) is 11.0 Å². The fourth-order valence-corrected chi connectivity index (χ4v) is 3.18. The van der Waals surface area contributed by atoms with Crippen LogP contribution >= 0.6 is 11.3 Å². The molecule has 7 heteroatoms. The van der Waals surface area contributed by atoms with E-state index in [2.05, 4.69) is 15.7 Å². The van der Waals surface area contributed by atoms with Gasteiger partial charge in [-0.05, 0) is 18.5 Å². The van der Waals surface area contributed by atoms with Gasteiger partial charge in [-0.3, -0.25) is 0 Å². The molecule has 1 aromatic heterocycles. The average molecular weight is 254 g/mol. The Hall–Kier alpha value is -1.31.